The predicted octanol–water partition coefficient (Wildman–Crippen LogP) is 10.8. The van der Waals surface area contributed by atoms with E-state index in [1.807, 2.05) is 79.0 Å². The first-order valence-electron chi connectivity index (χ1n) is 17.2. The second-order valence-corrected chi connectivity index (χ2v) is 18.7. The minimum atomic E-state index is -1.23. The summed E-state index contributed by atoms with van der Waals surface area (Å²) in [4.78, 5) is 9.49. The summed E-state index contributed by atoms with van der Waals surface area (Å²) in [5, 5.41) is 6.28. The quantitative estimate of drug-likeness (QED) is 0.0978. The normalized spacial score (nSPS) is 10.8. The Kier molecular flexibility index (Phi) is 13.6. The summed E-state index contributed by atoms with van der Waals surface area (Å²) in [5.74, 6) is 0.825. The second kappa shape index (κ2) is 17.9. The number of rotatable bonds is 5. The molecular formula is C47H35BIrN3SiY-4. The van der Waals surface area contributed by atoms with Gasteiger partial charge in [0.1, 0.15) is 0 Å². The molecule has 0 aliphatic carbocycles. The maximum atomic E-state index is 4.98. The standard InChI is InChI=1S/C33H19N2.C14H16NSi.B.Ir.Y/c1-2-12-28(13-3-1)35-32-16-7-6-15-31(32)34-33(35)27-11-8-10-25(21-27)26-20-19-24-18-17-23-9-4-5-14-29(23)30(24)22-26;1-16(2,3)13-9-10-14(15-11-13)12-7-5-4-6-8-12;;;/h1-10,12-19,22H;4-7,9-11H,1-3H3;;;/q-3;-1;;;. The van der Waals surface area contributed by atoms with Crippen molar-refractivity contribution in [3.63, 3.8) is 0 Å². The summed E-state index contributed by atoms with van der Waals surface area (Å²) in [7, 11) is -1.23. The average molecular weight is 962 g/mol. The van der Waals surface area contributed by atoms with Crippen LogP contribution in [-0.2, 0) is 52.8 Å². The Morgan fingerprint density at radius 3 is 2.11 bits per heavy atom. The van der Waals surface area contributed by atoms with Gasteiger partial charge in [-0.15, -0.1) is 54.1 Å². The third-order valence-electron chi connectivity index (χ3n) is 9.12. The molecule has 54 heavy (non-hydrogen) atoms. The summed E-state index contributed by atoms with van der Waals surface area (Å²) in [6.45, 7) is 7.00. The third-order valence-corrected chi connectivity index (χ3v) is 11.1. The van der Waals surface area contributed by atoms with E-state index >= 15 is 0 Å². The zero-order valence-electron chi connectivity index (χ0n) is 30.3. The number of imidazole rings is 1. The van der Waals surface area contributed by atoms with Crippen molar-refractivity contribution in [3.05, 3.63) is 182 Å². The van der Waals surface area contributed by atoms with E-state index in [1.54, 1.807) is 0 Å². The van der Waals surface area contributed by atoms with Crippen LogP contribution in [0.3, 0.4) is 0 Å². The van der Waals surface area contributed by atoms with Crippen LogP contribution in [0.4, 0.5) is 0 Å². The largest absolute Gasteiger partial charge is 0.374 e. The van der Waals surface area contributed by atoms with E-state index in [1.165, 1.54) is 26.7 Å². The van der Waals surface area contributed by atoms with Crippen LogP contribution in [-0.4, -0.2) is 31.0 Å². The van der Waals surface area contributed by atoms with E-state index in [-0.39, 0.29) is 61.2 Å². The van der Waals surface area contributed by atoms with E-state index in [4.69, 9.17) is 4.98 Å². The summed E-state index contributed by atoms with van der Waals surface area (Å²) in [5.41, 5.74) is 7.94. The van der Waals surface area contributed by atoms with Crippen molar-refractivity contribution in [2.24, 2.45) is 0 Å². The van der Waals surface area contributed by atoms with Gasteiger partial charge in [-0.05, 0) is 51.7 Å². The maximum absolute atomic E-state index is 4.98. The minimum Gasteiger partial charge on any atom is -0.374 e. The van der Waals surface area contributed by atoms with Gasteiger partial charge in [0.15, 0.2) is 0 Å². The average Bonchev–Trinajstić information content (AvgIpc) is 3.58. The molecule has 2 aromatic heterocycles. The molecule has 7 aromatic carbocycles. The number of nitrogens with zero attached hydrogens (tertiary/aromatic N) is 3. The first-order valence-corrected chi connectivity index (χ1v) is 20.7. The summed E-state index contributed by atoms with van der Waals surface area (Å²) in [6, 6.07) is 65.5. The predicted molar refractivity (Wildman–Crippen MR) is 221 cm³/mol. The Morgan fingerprint density at radius 1 is 0.611 bits per heavy atom. The fourth-order valence-corrected chi connectivity index (χ4v) is 7.41. The number of benzene rings is 7. The van der Waals surface area contributed by atoms with Gasteiger partial charge in [-0.1, -0.05) is 109 Å². The van der Waals surface area contributed by atoms with Crippen LogP contribution in [0.1, 0.15) is 0 Å². The number of para-hydroxylation sites is 3. The number of hydrogen-bond donors (Lipinski definition) is 0. The molecule has 9 rings (SSSR count). The van der Waals surface area contributed by atoms with Crippen molar-refractivity contribution >= 4 is 54.3 Å². The van der Waals surface area contributed by atoms with Gasteiger partial charge in [0.05, 0.1) is 19.1 Å². The van der Waals surface area contributed by atoms with Crippen molar-refractivity contribution in [3.8, 4) is 39.5 Å². The molecule has 0 aliphatic heterocycles. The van der Waals surface area contributed by atoms with E-state index in [0.29, 0.717) is 0 Å². The molecular weight excluding hydrogens is 927 g/mol. The van der Waals surface area contributed by atoms with Crippen molar-refractivity contribution in [2.45, 2.75) is 19.6 Å². The van der Waals surface area contributed by atoms with Gasteiger partial charge >= 0.3 is 0 Å². The number of aromatic nitrogens is 3. The van der Waals surface area contributed by atoms with Gasteiger partial charge in [-0.3, -0.25) is 23.3 Å². The fraction of sp³-hybridized carbons (Fsp3) is 0.0638. The zero-order chi connectivity index (χ0) is 34.8. The molecule has 0 N–H and O–H groups in total. The minimum absolute atomic E-state index is 0. The van der Waals surface area contributed by atoms with Gasteiger partial charge in [-0.2, -0.15) is 5.56 Å². The number of fused-ring (bicyclic) bond motifs is 4. The van der Waals surface area contributed by atoms with Crippen LogP contribution in [0.5, 0.6) is 0 Å². The monoisotopic (exact) mass is 962 g/mol. The SMILES string of the molecule is C[Si](C)(C)c1ccc(-c2[c-]cccc2)nc1.[B].[Ir].[Y].[c-]1ccc(-c2[c-]cc3ccc4ccccc4c3c2)[c-]c1-c1nc2ccccc2n1-c1ccccc1. The molecule has 5 radical (unpaired) electrons. The molecule has 0 spiro atoms. The molecule has 0 saturated heterocycles. The second-order valence-electron chi connectivity index (χ2n) is 13.6. The zero-order valence-corrected chi connectivity index (χ0v) is 36.6. The van der Waals surface area contributed by atoms with Gasteiger partial charge in [-0.25, -0.2) is 6.07 Å². The molecule has 0 unspecified atom stereocenters. The Hall–Kier alpha value is -4.28. The number of pyridine rings is 1. The smallest absolute Gasteiger partial charge is 0.0795 e. The van der Waals surface area contributed by atoms with Gasteiger partial charge in [0.2, 0.25) is 0 Å². The van der Waals surface area contributed by atoms with Gasteiger partial charge < -0.3 is 20.6 Å². The van der Waals surface area contributed by atoms with Crippen molar-refractivity contribution < 1.29 is 52.8 Å². The Labute approximate surface area is 359 Å². The van der Waals surface area contributed by atoms with Gasteiger partial charge in [0.25, 0.3) is 0 Å². The summed E-state index contributed by atoms with van der Waals surface area (Å²) < 4.78 is 2.18. The number of hydrogen-bond acceptors (Lipinski definition) is 2. The Bertz CT molecular complexity index is 2620. The van der Waals surface area contributed by atoms with Crippen LogP contribution >= 0.6 is 0 Å². The molecule has 3 nitrogen and oxygen atoms in total. The molecule has 0 saturated carbocycles. The molecule has 7 heteroatoms. The van der Waals surface area contributed by atoms with Crippen LogP contribution in [0.2, 0.25) is 19.6 Å². The Morgan fingerprint density at radius 2 is 1.35 bits per heavy atom. The molecule has 9 aromatic rings. The van der Waals surface area contributed by atoms with E-state index in [0.717, 1.165) is 50.5 Å². The van der Waals surface area contributed by atoms with E-state index in [2.05, 4.69) is 132 Å². The molecule has 0 atom stereocenters. The van der Waals surface area contributed by atoms with E-state index in [9.17, 15) is 0 Å². The van der Waals surface area contributed by atoms with Crippen LogP contribution in [0.15, 0.2) is 158 Å². The topological polar surface area (TPSA) is 30.7 Å². The first-order chi connectivity index (χ1) is 24.9. The molecule has 0 amide bonds. The van der Waals surface area contributed by atoms with Crippen molar-refractivity contribution in [1.82, 2.24) is 14.5 Å². The van der Waals surface area contributed by atoms with Crippen LogP contribution in [0.25, 0.3) is 72.0 Å². The summed E-state index contributed by atoms with van der Waals surface area (Å²) >= 11 is 0. The fourth-order valence-electron chi connectivity index (χ4n) is 6.38. The van der Waals surface area contributed by atoms with E-state index < -0.39 is 8.07 Å². The first kappa shape index (κ1) is 40.9. The van der Waals surface area contributed by atoms with Crippen molar-refractivity contribution in [2.75, 3.05) is 0 Å². The van der Waals surface area contributed by atoms with Crippen LogP contribution < -0.4 is 5.19 Å². The maximum Gasteiger partial charge on any atom is 0.0795 e. The summed E-state index contributed by atoms with van der Waals surface area (Å²) in [6.07, 6.45) is 2.02. The van der Waals surface area contributed by atoms with Crippen LogP contribution in [0, 0.1) is 24.3 Å². The molecule has 0 bridgehead atoms. The van der Waals surface area contributed by atoms with Gasteiger partial charge in [0, 0.05) is 73.1 Å². The molecule has 2 heterocycles. The third kappa shape index (κ3) is 8.65. The molecule has 0 aliphatic rings. The molecule has 261 valence electrons. The Balaban J connectivity index is 0.000000252. The van der Waals surface area contributed by atoms with Crippen molar-refractivity contribution in [1.29, 1.82) is 0 Å². The molecule has 0 fully saturated rings.